The fraction of sp³-hybridized carbons (Fsp3) is 0.438. The van der Waals surface area contributed by atoms with Crippen molar-refractivity contribution >= 4 is 33.7 Å². The van der Waals surface area contributed by atoms with Gasteiger partial charge in [-0.25, -0.2) is 9.18 Å². The van der Waals surface area contributed by atoms with Gasteiger partial charge in [0, 0.05) is 19.0 Å². The molecule has 0 unspecified atom stereocenters. The van der Waals surface area contributed by atoms with Crippen molar-refractivity contribution in [3.63, 3.8) is 0 Å². The van der Waals surface area contributed by atoms with Gasteiger partial charge in [-0.1, -0.05) is 0 Å². The second kappa shape index (κ2) is 8.80. The molecule has 0 atom stereocenters. The van der Waals surface area contributed by atoms with Gasteiger partial charge in [0.05, 0.1) is 4.47 Å². The number of amides is 2. The Morgan fingerprint density at radius 2 is 1.92 bits per heavy atom. The van der Waals surface area contributed by atoms with E-state index in [1.165, 1.54) is 23.1 Å². The first-order valence-corrected chi connectivity index (χ1v) is 8.46. The largest absolute Gasteiger partial charge is 0.481 e. The molecule has 1 aliphatic rings. The lowest BCUT2D eigenvalue weighted by Crippen LogP contribution is -2.43. The Hall–Kier alpha value is -2.16. The topological polar surface area (TPSA) is 98.9 Å². The minimum absolute atomic E-state index is 0.214. The SMILES string of the molecule is NC(=O)C1CCN(C(=O)COC(=O)COc2ccc(F)cc2Br)CC1. The molecule has 1 fully saturated rings. The number of nitrogens with zero attached hydrogens (tertiary/aromatic N) is 1. The molecule has 0 radical (unpaired) electrons. The summed E-state index contributed by atoms with van der Waals surface area (Å²) in [5.41, 5.74) is 5.24. The maximum absolute atomic E-state index is 13.0. The van der Waals surface area contributed by atoms with E-state index in [1.54, 1.807) is 0 Å². The van der Waals surface area contributed by atoms with E-state index in [0.29, 0.717) is 36.2 Å². The molecule has 0 aliphatic carbocycles. The minimum atomic E-state index is -0.711. The van der Waals surface area contributed by atoms with Gasteiger partial charge in [0.2, 0.25) is 5.91 Å². The highest BCUT2D eigenvalue weighted by molar-refractivity contribution is 9.10. The molecule has 25 heavy (non-hydrogen) atoms. The van der Waals surface area contributed by atoms with Crippen molar-refractivity contribution in [1.29, 1.82) is 0 Å². The summed E-state index contributed by atoms with van der Waals surface area (Å²) < 4.78 is 23.4. The van der Waals surface area contributed by atoms with E-state index in [0.717, 1.165) is 0 Å². The summed E-state index contributed by atoms with van der Waals surface area (Å²) in [5, 5.41) is 0. The van der Waals surface area contributed by atoms with Gasteiger partial charge in [0.15, 0.2) is 13.2 Å². The van der Waals surface area contributed by atoms with Gasteiger partial charge in [-0.3, -0.25) is 9.59 Å². The molecular formula is C16H18BrFN2O5. The van der Waals surface area contributed by atoms with Crippen molar-refractivity contribution in [1.82, 2.24) is 4.90 Å². The third-order valence-corrected chi connectivity index (χ3v) is 4.47. The highest BCUT2D eigenvalue weighted by atomic mass is 79.9. The van der Waals surface area contributed by atoms with E-state index in [-0.39, 0.29) is 17.7 Å². The quantitative estimate of drug-likeness (QED) is 0.703. The normalized spacial score (nSPS) is 14.9. The zero-order chi connectivity index (χ0) is 18.4. The Kier molecular flexibility index (Phi) is 6.74. The van der Waals surface area contributed by atoms with Crippen LogP contribution in [0.15, 0.2) is 22.7 Å². The molecule has 0 saturated carbocycles. The molecule has 9 heteroatoms. The van der Waals surface area contributed by atoms with Gasteiger partial charge in [0.1, 0.15) is 11.6 Å². The Bertz CT molecular complexity index is 662. The molecule has 0 bridgehead atoms. The van der Waals surface area contributed by atoms with Crippen LogP contribution in [0.25, 0.3) is 0 Å². The summed E-state index contributed by atoms with van der Waals surface area (Å²) in [7, 11) is 0. The van der Waals surface area contributed by atoms with E-state index in [2.05, 4.69) is 15.9 Å². The molecule has 0 spiro atoms. The van der Waals surface area contributed by atoms with Crippen molar-refractivity contribution in [2.24, 2.45) is 11.7 Å². The molecule has 2 rings (SSSR count). The summed E-state index contributed by atoms with van der Waals surface area (Å²) >= 11 is 3.12. The average Bonchev–Trinajstić information content (AvgIpc) is 2.59. The van der Waals surface area contributed by atoms with Crippen LogP contribution < -0.4 is 10.5 Å². The highest BCUT2D eigenvalue weighted by Crippen LogP contribution is 2.25. The number of nitrogens with two attached hydrogens (primary N) is 1. The zero-order valence-corrected chi connectivity index (χ0v) is 15.0. The number of primary amides is 1. The first kappa shape index (κ1) is 19.2. The lowest BCUT2D eigenvalue weighted by atomic mass is 9.96. The maximum Gasteiger partial charge on any atom is 0.344 e. The first-order valence-electron chi connectivity index (χ1n) is 7.67. The molecule has 1 heterocycles. The van der Waals surface area contributed by atoms with Crippen LogP contribution in [0, 0.1) is 11.7 Å². The number of carbonyl (C=O) groups excluding carboxylic acids is 3. The van der Waals surface area contributed by atoms with Crippen LogP contribution in [-0.4, -0.2) is 49.0 Å². The number of piperidine rings is 1. The summed E-state index contributed by atoms with van der Waals surface area (Å²) in [6.45, 7) is 0.0152. The number of benzene rings is 1. The van der Waals surface area contributed by atoms with Crippen LogP contribution >= 0.6 is 15.9 Å². The van der Waals surface area contributed by atoms with Gasteiger partial charge in [-0.15, -0.1) is 0 Å². The first-order chi connectivity index (χ1) is 11.9. The summed E-state index contributed by atoms with van der Waals surface area (Å²) in [6, 6.07) is 3.78. The molecule has 7 nitrogen and oxygen atoms in total. The van der Waals surface area contributed by atoms with Gasteiger partial charge in [0.25, 0.3) is 5.91 Å². The molecule has 1 aromatic rings. The Labute approximate surface area is 152 Å². The predicted octanol–water partition coefficient (Wildman–Crippen LogP) is 1.23. The van der Waals surface area contributed by atoms with Gasteiger partial charge in [-0.2, -0.15) is 0 Å². The van der Waals surface area contributed by atoms with E-state index in [4.69, 9.17) is 15.2 Å². The van der Waals surface area contributed by atoms with Crippen molar-refractivity contribution in [3.05, 3.63) is 28.5 Å². The molecule has 1 saturated heterocycles. The van der Waals surface area contributed by atoms with Crippen molar-refractivity contribution in [3.8, 4) is 5.75 Å². The lowest BCUT2D eigenvalue weighted by Gasteiger charge is -2.30. The molecule has 136 valence electrons. The monoisotopic (exact) mass is 416 g/mol. The van der Waals surface area contributed by atoms with Crippen LogP contribution in [0.2, 0.25) is 0 Å². The fourth-order valence-corrected chi connectivity index (χ4v) is 2.88. The number of carbonyl (C=O) groups is 3. The van der Waals surface area contributed by atoms with Crippen LogP contribution in [0.5, 0.6) is 5.75 Å². The number of hydrogen-bond acceptors (Lipinski definition) is 5. The third-order valence-electron chi connectivity index (χ3n) is 3.85. The molecule has 2 N–H and O–H groups in total. The maximum atomic E-state index is 13.0. The number of ether oxygens (including phenoxy) is 2. The van der Waals surface area contributed by atoms with Gasteiger partial charge < -0.3 is 20.1 Å². The Morgan fingerprint density at radius 1 is 1.24 bits per heavy atom. The summed E-state index contributed by atoms with van der Waals surface area (Å²) in [6.07, 6.45) is 1.02. The van der Waals surface area contributed by atoms with Crippen molar-refractivity contribution in [2.45, 2.75) is 12.8 Å². The smallest absolute Gasteiger partial charge is 0.344 e. The number of halogens is 2. The van der Waals surface area contributed by atoms with E-state index >= 15 is 0 Å². The number of hydrogen-bond donors (Lipinski definition) is 1. The van der Waals surface area contributed by atoms with Crippen molar-refractivity contribution in [2.75, 3.05) is 26.3 Å². The van der Waals surface area contributed by atoms with Gasteiger partial charge in [-0.05, 0) is 47.0 Å². The predicted molar refractivity (Wildman–Crippen MR) is 89.1 cm³/mol. The van der Waals surface area contributed by atoms with E-state index < -0.39 is 25.0 Å². The van der Waals surface area contributed by atoms with E-state index in [9.17, 15) is 18.8 Å². The second-order valence-electron chi connectivity index (χ2n) is 5.58. The van der Waals surface area contributed by atoms with Crippen LogP contribution in [0.1, 0.15) is 12.8 Å². The number of rotatable bonds is 6. The number of esters is 1. The summed E-state index contributed by atoms with van der Waals surface area (Å²) in [4.78, 5) is 36.3. The molecule has 2 amide bonds. The highest BCUT2D eigenvalue weighted by Gasteiger charge is 2.26. The van der Waals surface area contributed by atoms with Crippen LogP contribution in [0.3, 0.4) is 0 Å². The lowest BCUT2D eigenvalue weighted by molar-refractivity contribution is -0.154. The number of likely N-dealkylation sites (tertiary alicyclic amines) is 1. The molecular weight excluding hydrogens is 399 g/mol. The fourth-order valence-electron chi connectivity index (χ4n) is 2.42. The molecule has 1 aliphatic heterocycles. The minimum Gasteiger partial charge on any atom is -0.481 e. The Morgan fingerprint density at radius 3 is 2.52 bits per heavy atom. The standard InChI is InChI=1S/C16H18BrFN2O5/c17-12-7-11(18)1-2-13(12)24-9-15(22)25-8-14(21)20-5-3-10(4-6-20)16(19)23/h1-2,7,10H,3-6,8-9H2,(H2,19,23). The molecule has 1 aromatic carbocycles. The van der Waals surface area contributed by atoms with E-state index in [1.807, 2.05) is 0 Å². The Balaban J connectivity index is 1.71. The average molecular weight is 417 g/mol. The molecule has 0 aromatic heterocycles. The van der Waals surface area contributed by atoms with Crippen LogP contribution in [-0.2, 0) is 19.1 Å². The second-order valence-corrected chi connectivity index (χ2v) is 6.44. The zero-order valence-electron chi connectivity index (χ0n) is 13.4. The van der Waals surface area contributed by atoms with Crippen LogP contribution in [0.4, 0.5) is 4.39 Å². The van der Waals surface area contributed by atoms with Crippen molar-refractivity contribution < 1.29 is 28.2 Å². The third kappa shape index (κ3) is 5.70. The van der Waals surface area contributed by atoms with Gasteiger partial charge >= 0.3 is 5.97 Å². The summed E-state index contributed by atoms with van der Waals surface area (Å²) in [5.74, 6) is -1.77.